The number of urea groups is 1. The summed E-state index contributed by atoms with van der Waals surface area (Å²) in [5.74, 6) is 0.960. The summed E-state index contributed by atoms with van der Waals surface area (Å²) >= 11 is 0. The zero-order valence-corrected chi connectivity index (χ0v) is 16.3. The van der Waals surface area contributed by atoms with Gasteiger partial charge in [-0.3, -0.25) is 9.36 Å². The van der Waals surface area contributed by atoms with Crippen LogP contribution < -0.4 is 5.73 Å². The number of nitrogens with zero attached hydrogens (tertiary/aromatic N) is 4. The molecule has 0 aliphatic carbocycles. The van der Waals surface area contributed by atoms with E-state index in [-0.39, 0.29) is 5.91 Å². The lowest BCUT2D eigenvalue weighted by Crippen LogP contribution is -2.39. The maximum absolute atomic E-state index is 12.8. The van der Waals surface area contributed by atoms with Crippen molar-refractivity contribution in [1.82, 2.24) is 19.4 Å². The number of benzene rings is 2. The molecule has 2 aromatic carbocycles. The number of carbonyl (C=O) groups excluding carboxylic acids is 2. The van der Waals surface area contributed by atoms with E-state index in [1.165, 1.54) is 0 Å². The number of fused-ring (bicyclic) bond motifs is 1. The highest BCUT2D eigenvalue weighted by Crippen LogP contribution is 2.22. The van der Waals surface area contributed by atoms with E-state index in [9.17, 15) is 9.59 Å². The van der Waals surface area contributed by atoms with Gasteiger partial charge in [-0.2, -0.15) is 0 Å². The average Bonchev–Trinajstić information content (AvgIpc) is 2.92. The maximum atomic E-state index is 12.8. The molecule has 150 valence electrons. The van der Waals surface area contributed by atoms with Crippen molar-refractivity contribution in [1.29, 1.82) is 0 Å². The summed E-state index contributed by atoms with van der Waals surface area (Å²) in [7, 11) is 0. The third kappa shape index (κ3) is 4.08. The Morgan fingerprint density at radius 3 is 2.38 bits per heavy atom. The van der Waals surface area contributed by atoms with Crippen LogP contribution in [-0.4, -0.2) is 57.5 Å². The van der Waals surface area contributed by atoms with E-state index in [4.69, 9.17) is 10.7 Å². The standard InChI is InChI=1S/C22H25N5O2/c23-22(29)26-14-6-13-25(15-16-26)21(28)12-11-20-24-18-9-4-5-10-19(18)27(20)17-7-2-1-3-8-17/h1-5,7-10H,6,11-16H2,(H2,23,29). The Hall–Kier alpha value is -3.35. The molecule has 1 saturated heterocycles. The number of hydrogen-bond acceptors (Lipinski definition) is 3. The molecule has 2 heterocycles. The number of aryl methyl sites for hydroxylation is 1. The van der Waals surface area contributed by atoms with Crippen molar-refractivity contribution >= 4 is 23.0 Å². The summed E-state index contributed by atoms with van der Waals surface area (Å²) in [5, 5.41) is 0. The van der Waals surface area contributed by atoms with Gasteiger partial charge < -0.3 is 15.5 Å². The Morgan fingerprint density at radius 2 is 1.59 bits per heavy atom. The number of hydrogen-bond donors (Lipinski definition) is 1. The minimum absolute atomic E-state index is 0.0861. The molecule has 1 aliphatic heterocycles. The molecule has 4 rings (SSSR count). The number of carbonyl (C=O) groups is 2. The number of primary amides is 1. The van der Waals surface area contributed by atoms with Gasteiger partial charge in [-0.25, -0.2) is 9.78 Å². The predicted octanol–water partition coefficient (Wildman–Crippen LogP) is 2.57. The molecule has 0 radical (unpaired) electrons. The number of imidazole rings is 1. The first-order valence-electron chi connectivity index (χ1n) is 9.97. The molecular weight excluding hydrogens is 366 g/mol. The first-order chi connectivity index (χ1) is 14.1. The quantitative estimate of drug-likeness (QED) is 0.742. The van der Waals surface area contributed by atoms with Crippen LogP contribution in [0.25, 0.3) is 16.7 Å². The second-order valence-electron chi connectivity index (χ2n) is 7.25. The lowest BCUT2D eigenvalue weighted by molar-refractivity contribution is -0.131. The van der Waals surface area contributed by atoms with Gasteiger partial charge in [-0.05, 0) is 30.7 Å². The lowest BCUT2D eigenvalue weighted by atomic mass is 10.2. The molecule has 0 atom stereocenters. The first kappa shape index (κ1) is 19.0. The third-order valence-electron chi connectivity index (χ3n) is 5.37. The SMILES string of the molecule is NC(=O)N1CCCN(C(=O)CCc2nc3ccccc3n2-c2ccccc2)CC1. The highest BCUT2D eigenvalue weighted by Gasteiger charge is 2.21. The molecule has 1 fully saturated rings. The minimum Gasteiger partial charge on any atom is -0.351 e. The Balaban J connectivity index is 1.51. The number of aromatic nitrogens is 2. The van der Waals surface area contributed by atoms with Gasteiger partial charge in [0.2, 0.25) is 5.91 Å². The molecule has 7 nitrogen and oxygen atoms in total. The largest absolute Gasteiger partial charge is 0.351 e. The zero-order chi connectivity index (χ0) is 20.2. The summed E-state index contributed by atoms with van der Waals surface area (Å²) < 4.78 is 2.12. The van der Waals surface area contributed by atoms with Gasteiger partial charge in [0.25, 0.3) is 0 Å². The molecule has 1 aromatic heterocycles. The Bertz CT molecular complexity index is 1010. The van der Waals surface area contributed by atoms with Crippen molar-refractivity contribution in [2.45, 2.75) is 19.3 Å². The van der Waals surface area contributed by atoms with E-state index in [2.05, 4.69) is 4.57 Å². The molecular formula is C22H25N5O2. The Kier molecular flexibility index (Phi) is 5.46. The van der Waals surface area contributed by atoms with E-state index >= 15 is 0 Å². The zero-order valence-electron chi connectivity index (χ0n) is 16.3. The van der Waals surface area contributed by atoms with Crippen LogP contribution in [0.5, 0.6) is 0 Å². The lowest BCUT2D eigenvalue weighted by Gasteiger charge is -2.21. The smallest absolute Gasteiger partial charge is 0.314 e. The third-order valence-corrected chi connectivity index (χ3v) is 5.37. The fraction of sp³-hybridized carbons (Fsp3) is 0.318. The predicted molar refractivity (Wildman–Crippen MR) is 112 cm³/mol. The second kappa shape index (κ2) is 8.34. The van der Waals surface area contributed by atoms with Crippen LogP contribution in [0.3, 0.4) is 0 Å². The van der Waals surface area contributed by atoms with E-state index < -0.39 is 6.03 Å². The van der Waals surface area contributed by atoms with Crippen LogP contribution >= 0.6 is 0 Å². The summed E-state index contributed by atoms with van der Waals surface area (Å²) in [4.78, 5) is 32.4. The normalized spacial score (nSPS) is 14.8. The number of nitrogens with two attached hydrogens (primary N) is 1. The van der Waals surface area contributed by atoms with E-state index in [1.54, 1.807) is 4.90 Å². The van der Waals surface area contributed by atoms with Gasteiger partial charge in [-0.1, -0.05) is 30.3 Å². The van der Waals surface area contributed by atoms with E-state index in [0.717, 1.165) is 29.0 Å². The molecule has 0 bridgehead atoms. The first-order valence-corrected chi connectivity index (χ1v) is 9.97. The molecule has 7 heteroatoms. The molecule has 3 aromatic rings. The summed E-state index contributed by atoms with van der Waals surface area (Å²) in [5.41, 5.74) is 8.37. The van der Waals surface area contributed by atoms with Crippen molar-refractivity contribution in [2.75, 3.05) is 26.2 Å². The summed E-state index contributed by atoms with van der Waals surface area (Å²) in [6, 6.07) is 17.7. The van der Waals surface area contributed by atoms with Crippen molar-refractivity contribution in [3.8, 4) is 5.69 Å². The minimum atomic E-state index is -0.420. The average molecular weight is 391 g/mol. The molecule has 1 aliphatic rings. The monoisotopic (exact) mass is 391 g/mol. The van der Waals surface area contributed by atoms with Crippen molar-refractivity contribution in [2.24, 2.45) is 5.73 Å². The Morgan fingerprint density at radius 1 is 0.897 bits per heavy atom. The van der Waals surface area contributed by atoms with Crippen LogP contribution in [0.2, 0.25) is 0 Å². The van der Waals surface area contributed by atoms with Crippen LogP contribution in [0.1, 0.15) is 18.7 Å². The highest BCUT2D eigenvalue weighted by molar-refractivity contribution is 5.79. The number of para-hydroxylation sites is 3. The van der Waals surface area contributed by atoms with Gasteiger partial charge in [0.1, 0.15) is 5.82 Å². The molecule has 0 unspecified atom stereocenters. The van der Waals surface area contributed by atoms with Gasteiger partial charge in [0.05, 0.1) is 11.0 Å². The summed E-state index contributed by atoms with van der Waals surface area (Å²) in [6.45, 7) is 2.26. The van der Waals surface area contributed by atoms with Crippen molar-refractivity contribution in [3.63, 3.8) is 0 Å². The molecule has 0 saturated carbocycles. The van der Waals surface area contributed by atoms with Crippen molar-refractivity contribution in [3.05, 3.63) is 60.4 Å². The van der Waals surface area contributed by atoms with E-state index in [1.807, 2.05) is 59.5 Å². The second-order valence-corrected chi connectivity index (χ2v) is 7.25. The Labute approximate surface area is 169 Å². The molecule has 0 spiro atoms. The van der Waals surface area contributed by atoms with Gasteiger partial charge in [0, 0.05) is 44.7 Å². The maximum Gasteiger partial charge on any atom is 0.314 e. The van der Waals surface area contributed by atoms with Gasteiger partial charge in [-0.15, -0.1) is 0 Å². The van der Waals surface area contributed by atoms with Crippen molar-refractivity contribution < 1.29 is 9.59 Å². The highest BCUT2D eigenvalue weighted by atomic mass is 16.2. The van der Waals surface area contributed by atoms with Crippen LogP contribution in [0.4, 0.5) is 4.79 Å². The van der Waals surface area contributed by atoms with E-state index in [0.29, 0.717) is 39.0 Å². The molecule has 2 N–H and O–H groups in total. The van der Waals surface area contributed by atoms with Gasteiger partial charge in [0.15, 0.2) is 0 Å². The molecule has 29 heavy (non-hydrogen) atoms. The fourth-order valence-electron chi connectivity index (χ4n) is 3.87. The van der Waals surface area contributed by atoms with Gasteiger partial charge >= 0.3 is 6.03 Å². The number of rotatable bonds is 4. The molecule has 3 amide bonds. The topological polar surface area (TPSA) is 84.5 Å². The number of amides is 3. The van der Waals surface area contributed by atoms with Crippen LogP contribution in [0, 0.1) is 0 Å². The summed E-state index contributed by atoms with van der Waals surface area (Å²) in [6.07, 6.45) is 1.68. The fourth-order valence-corrected chi connectivity index (χ4v) is 3.87. The van der Waals surface area contributed by atoms with Crippen LogP contribution in [0.15, 0.2) is 54.6 Å². The van der Waals surface area contributed by atoms with Crippen LogP contribution in [-0.2, 0) is 11.2 Å².